The zero-order chi connectivity index (χ0) is 20.2. The molecule has 0 spiro atoms. The number of nitrogens with one attached hydrogen (secondary N) is 1. The van der Waals surface area contributed by atoms with Crippen molar-refractivity contribution in [1.82, 2.24) is 15.2 Å². The van der Waals surface area contributed by atoms with Crippen LogP contribution in [0.2, 0.25) is 0 Å². The van der Waals surface area contributed by atoms with E-state index >= 15 is 0 Å². The standard InChI is InChI=1S/C18H27F3N4O2/c1-5-24(6-2)15-8-7-13(9-22-15)10-23-16(26)25-11-14(18(19,20)21)27-17(3,4)12-25/h7-9,14H,5-6,10-12H2,1-4H3,(H,23,26). The Bertz CT molecular complexity index is 630. The second kappa shape index (κ2) is 8.33. The molecule has 2 rings (SSSR count). The Morgan fingerprint density at radius 1 is 1.37 bits per heavy atom. The summed E-state index contributed by atoms with van der Waals surface area (Å²) >= 11 is 0. The average molecular weight is 388 g/mol. The third-order valence-electron chi connectivity index (χ3n) is 4.41. The molecule has 0 aromatic carbocycles. The summed E-state index contributed by atoms with van der Waals surface area (Å²) in [6, 6.07) is 3.17. The lowest BCUT2D eigenvalue weighted by atomic mass is 10.1. The van der Waals surface area contributed by atoms with Gasteiger partial charge in [-0.3, -0.25) is 0 Å². The van der Waals surface area contributed by atoms with Crippen LogP contribution in [0.25, 0.3) is 0 Å². The van der Waals surface area contributed by atoms with E-state index in [9.17, 15) is 18.0 Å². The number of urea groups is 1. The first-order chi connectivity index (χ1) is 12.6. The number of amides is 2. The molecule has 2 amide bonds. The minimum atomic E-state index is -4.51. The zero-order valence-electron chi connectivity index (χ0n) is 16.1. The van der Waals surface area contributed by atoms with Crippen LogP contribution in [-0.2, 0) is 11.3 Å². The van der Waals surface area contributed by atoms with Crippen molar-refractivity contribution in [3.8, 4) is 0 Å². The number of hydrogen-bond donors (Lipinski definition) is 1. The Morgan fingerprint density at radius 3 is 2.56 bits per heavy atom. The number of alkyl halides is 3. The van der Waals surface area contributed by atoms with E-state index in [4.69, 9.17) is 4.74 Å². The van der Waals surface area contributed by atoms with E-state index in [1.165, 1.54) is 0 Å². The molecule has 1 saturated heterocycles. The number of morpholine rings is 1. The van der Waals surface area contributed by atoms with Crippen LogP contribution in [0.3, 0.4) is 0 Å². The van der Waals surface area contributed by atoms with E-state index in [2.05, 4.69) is 15.2 Å². The summed E-state index contributed by atoms with van der Waals surface area (Å²) < 4.78 is 44.2. The van der Waals surface area contributed by atoms with Crippen molar-refractivity contribution in [2.24, 2.45) is 0 Å². The van der Waals surface area contributed by atoms with Crippen molar-refractivity contribution in [1.29, 1.82) is 0 Å². The number of ether oxygens (including phenoxy) is 1. The normalized spacial score (nSPS) is 19.7. The number of anilines is 1. The molecule has 1 N–H and O–H groups in total. The van der Waals surface area contributed by atoms with Gasteiger partial charge in [0.15, 0.2) is 6.10 Å². The van der Waals surface area contributed by atoms with Crippen molar-refractivity contribution in [2.75, 3.05) is 31.1 Å². The van der Waals surface area contributed by atoms with Crippen molar-refractivity contribution in [2.45, 2.75) is 52.1 Å². The largest absolute Gasteiger partial charge is 0.416 e. The summed E-state index contributed by atoms with van der Waals surface area (Å²) in [5.41, 5.74) is -0.290. The Hall–Kier alpha value is -2.03. The van der Waals surface area contributed by atoms with E-state index in [0.717, 1.165) is 29.4 Å². The van der Waals surface area contributed by atoms with E-state index < -0.39 is 30.5 Å². The number of nitrogens with zero attached hydrogens (tertiary/aromatic N) is 3. The predicted octanol–water partition coefficient (Wildman–Crippen LogP) is 3.18. The van der Waals surface area contributed by atoms with Gasteiger partial charge >= 0.3 is 12.2 Å². The SMILES string of the molecule is CCN(CC)c1ccc(CNC(=O)N2CC(C(F)(F)F)OC(C)(C)C2)cn1. The lowest BCUT2D eigenvalue weighted by Gasteiger charge is -2.43. The maximum Gasteiger partial charge on any atom is 0.416 e. The van der Waals surface area contributed by atoms with Crippen molar-refractivity contribution >= 4 is 11.8 Å². The van der Waals surface area contributed by atoms with Crippen LogP contribution >= 0.6 is 0 Å². The molecule has 0 aliphatic carbocycles. The molecule has 0 radical (unpaired) electrons. The minimum absolute atomic E-state index is 0.0879. The number of aromatic nitrogens is 1. The van der Waals surface area contributed by atoms with Gasteiger partial charge in [-0.1, -0.05) is 6.07 Å². The Kier molecular flexibility index (Phi) is 6.56. The maximum absolute atomic E-state index is 13.0. The lowest BCUT2D eigenvalue weighted by Crippen LogP contribution is -2.60. The first-order valence-corrected chi connectivity index (χ1v) is 9.03. The molecule has 27 heavy (non-hydrogen) atoms. The predicted molar refractivity (Wildman–Crippen MR) is 96.6 cm³/mol. The fraction of sp³-hybridized carbons (Fsp3) is 0.667. The molecule has 9 heteroatoms. The molecule has 1 atom stereocenters. The summed E-state index contributed by atoms with van der Waals surface area (Å²) in [7, 11) is 0. The summed E-state index contributed by atoms with van der Waals surface area (Å²) in [4.78, 5) is 20.0. The van der Waals surface area contributed by atoms with E-state index in [-0.39, 0.29) is 13.1 Å². The summed E-state index contributed by atoms with van der Waals surface area (Å²) in [5, 5.41) is 2.67. The highest BCUT2D eigenvalue weighted by Gasteiger charge is 2.49. The number of carbonyl (C=O) groups is 1. The molecule has 1 aliphatic heterocycles. The molecule has 1 aromatic heterocycles. The van der Waals surface area contributed by atoms with Gasteiger partial charge in [-0.2, -0.15) is 13.2 Å². The van der Waals surface area contributed by atoms with Gasteiger partial charge < -0.3 is 19.9 Å². The van der Waals surface area contributed by atoms with E-state index in [0.29, 0.717) is 0 Å². The van der Waals surface area contributed by atoms with Gasteiger partial charge in [-0.15, -0.1) is 0 Å². The van der Waals surface area contributed by atoms with E-state index in [1.54, 1.807) is 20.0 Å². The summed E-state index contributed by atoms with van der Waals surface area (Å²) in [6.07, 6.45) is -4.84. The van der Waals surface area contributed by atoms with Gasteiger partial charge in [0.25, 0.3) is 0 Å². The van der Waals surface area contributed by atoms with Crippen LogP contribution < -0.4 is 10.2 Å². The molecule has 2 heterocycles. The van der Waals surface area contributed by atoms with Gasteiger partial charge in [0.2, 0.25) is 0 Å². The van der Waals surface area contributed by atoms with Crippen LogP contribution in [0.1, 0.15) is 33.3 Å². The first kappa shape index (κ1) is 21.3. The highest BCUT2D eigenvalue weighted by molar-refractivity contribution is 5.74. The average Bonchev–Trinajstić information content (AvgIpc) is 2.59. The molecule has 6 nitrogen and oxygen atoms in total. The fourth-order valence-corrected chi connectivity index (χ4v) is 3.05. The number of rotatable bonds is 5. The summed E-state index contributed by atoms with van der Waals surface area (Å²) in [6.45, 7) is 8.61. The number of pyridine rings is 1. The smallest absolute Gasteiger partial charge is 0.359 e. The molecule has 1 aromatic rings. The van der Waals surface area contributed by atoms with Gasteiger partial charge in [-0.05, 0) is 39.3 Å². The maximum atomic E-state index is 13.0. The number of hydrogen-bond acceptors (Lipinski definition) is 4. The van der Waals surface area contributed by atoms with Crippen LogP contribution in [0.15, 0.2) is 18.3 Å². The number of carbonyl (C=O) groups excluding carboxylic acids is 1. The zero-order valence-corrected chi connectivity index (χ0v) is 16.1. The van der Waals surface area contributed by atoms with Crippen LogP contribution in [-0.4, -0.2) is 60.0 Å². The fourth-order valence-electron chi connectivity index (χ4n) is 3.05. The topological polar surface area (TPSA) is 57.7 Å². The van der Waals surface area contributed by atoms with Gasteiger partial charge in [0, 0.05) is 25.8 Å². The monoisotopic (exact) mass is 388 g/mol. The van der Waals surface area contributed by atoms with Gasteiger partial charge in [0.1, 0.15) is 5.82 Å². The second-order valence-electron chi connectivity index (χ2n) is 7.14. The van der Waals surface area contributed by atoms with Crippen LogP contribution in [0.5, 0.6) is 0 Å². The third kappa shape index (κ3) is 5.72. The second-order valence-corrected chi connectivity index (χ2v) is 7.14. The lowest BCUT2D eigenvalue weighted by molar-refractivity contribution is -0.267. The molecule has 0 bridgehead atoms. The highest BCUT2D eigenvalue weighted by Crippen LogP contribution is 2.31. The molecule has 0 saturated carbocycles. The molecule has 1 unspecified atom stereocenters. The third-order valence-corrected chi connectivity index (χ3v) is 4.41. The molecular weight excluding hydrogens is 361 g/mol. The Balaban J connectivity index is 1.96. The van der Waals surface area contributed by atoms with Gasteiger partial charge in [-0.25, -0.2) is 9.78 Å². The van der Waals surface area contributed by atoms with Crippen LogP contribution in [0, 0.1) is 0 Å². The highest BCUT2D eigenvalue weighted by atomic mass is 19.4. The number of halogens is 3. The molecule has 152 valence electrons. The van der Waals surface area contributed by atoms with Crippen LogP contribution in [0.4, 0.5) is 23.8 Å². The molecule has 1 aliphatic rings. The minimum Gasteiger partial charge on any atom is -0.359 e. The molecule has 1 fully saturated rings. The summed E-state index contributed by atoms with van der Waals surface area (Å²) in [5.74, 6) is 0.845. The van der Waals surface area contributed by atoms with Crippen molar-refractivity contribution in [3.05, 3.63) is 23.9 Å². The van der Waals surface area contributed by atoms with Crippen molar-refractivity contribution in [3.63, 3.8) is 0 Å². The van der Waals surface area contributed by atoms with Crippen molar-refractivity contribution < 1.29 is 22.7 Å². The Morgan fingerprint density at radius 2 is 2.04 bits per heavy atom. The molecular formula is C18H27F3N4O2. The quantitative estimate of drug-likeness (QED) is 0.842. The first-order valence-electron chi connectivity index (χ1n) is 9.03. The Labute approximate surface area is 157 Å². The van der Waals surface area contributed by atoms with E-state index in [1.807, 2.05) is 26.0 Å². The van der Waals surface area contributed by atoms with Gasteiger partial charge in [0.05, 0.1) is 18.7 Å².